The average molecular weight is 503 g/mol. The van der Waals surface area contributed by atoms with Gasteiger partial charge in [-0.25, -0.2) is 0 Å². The first-order chi connectivity index (χ1) is 18.3. The monoisotopic (exact) mass is 502 g/mol. The van der Waals surface area contributed by atoms with Gasteiger partial charge in [-0.3, -0.25) is 0 Å². The Kier molecular flexibility index (Phi) is 7.26. The van der Waals surface area contributed by atoms with E-state index < -0.39 is 0 Å². The summed E-state index contributed by atoms with van der Waals surface area (Å²) in [5.74, 6) is 3.34. The fourth-order valence-corrected chi connectivity index (χ4v) is 4.13. The molecule has 0 radical (unpaired) electrons. The number of rotatable bonds is 14. The van der Waals surface area contributed by atoms with Gasteiger partial charge in [0.25, 0.3) is 0 Å². The van der Waals surface area contributed by atoms with Crippen LogP contribution in [0, 0.1) is 0 Å². The maximum Gasteiger partial charge on any atom is 0.127 e. The molecule has 37 heavy (non-hydrogen) atoms. The van der Waals surface area contributed by atoms with Crippen LogP contribution in [0.4, 0.5) is 0 Å². The van der Waals surface area contributed by atoms with E-state index in [4.69, 9.17) is 33.2 Å². The lowest BCUT2D eigenvalue weighted by atomic mass is 10.1. The van der Waals surface area contributed by atoms with E-state index in [0.717, 1.165) is 57.8 Å². The molecule has 2 aliphatic rings. The minimum Gasteiger partial charge on any atom is -0.491 e. The molecular weight excluding hydrogens is 472 g/mol. The van der Waals surface area contributed by atoms with Gasteiger partial charge in [-0.2, -0.15) is 0 Å². The van der Waals surface area contributed by atoms with Gasteiger partial charge in [-0.1, -0.05) is 24.3 Å². The number of hydrogen-bond donors (Lipinski definition) is 0. The highest BCUT2D eigenvalue weighted by Crippen LogP contribution is 2.31. The minimum atomic E-state index is 0.233. The molecule has 6 rings (SSSR count). The summed E-state index contributed by atoms with van der Waals surface area (Å²) in [6.45, 7) is 4.64. The fraction of sp³-hybridized carbons (Fsp3) is 0.333. The van der Waals surface area contributed by atoms with E-state index in [0.29, 0.717) is 39.6 Å². The first kappa shape index (κ1) is 23.9. The van der Waals surface area contributed by atoms with Crippen molar-refractivity contribution in [2.75, 3.05) is 52.9 Å². The van der Waals surface area contributed by atoms with Gasteiger partial charge in [0.1, 0.15) is 61.6 Å². The van der Waals surface area contributed by atoms with Gasteiger partial charge >= 0.3 is 0 Å². The second-order valence-electron chi connectivity index (χ2n) is 9.12. The second-order valence-corrected chi connectivity index (χ2v) is 9.12. The lowest BCUT2D eigenvalue weighted by Gasteiger charge is -2.12. The van der Waals surface area contributed by atoms with Crippen molar-refractivity contribution >= 4 is 21.5 Å². The lowest BCUT2D eigenvalue weighted by Crippen LogP contribution is -2.12. The summed E-state index contributed by atoms with van der Waals surface area (Å²) in [6, 6.07) is 24.1. The topological polar surface area (TPSA) is 71.2 Å². The van der Waals surface area contributed by atoms with Gasteiger partial charge in [-0.15, -0.1) is 0 Å². The SMILES string of the molecule is c1cc(OCC2CO2)c2ccc(OCCOCCOc3ccc4c(OCC5CO5)cccc4c3)cc2c1. The summed E-state index contributed by atoms with van der Waals surface area (Å²) >= 11 is 0. The molecule has 0 N–H and O–H groups in total. The van der Waals surface area contributed by atoms with E-state index in [1.54, 1.807) is 0 Å². The Labute approximate surface area is 215 Å². The number of benzene rings is 4. The van der Waals surface area contributed by atoms with Crippen LogP contribution in [-0.4, -0.2) is 65.1 Å². The Hall–Kier alpha value is -3.52. The smallest absolute Gasteiger partial charge is 0.127 e. The summed E-state index contributed by atoms with van der Waals surface area (Å²) in [6.07, 6.45) is 0.466. The molecule has 192 valence electrons. The second kappa shape index (κ2) is 11.3. The highest BCUT2D eigenvalue weighted by Gasteiger charge is 2.24. The van der Waals surface area contributed by atoms with Crippen LogP contribution in [0.5, 0.6) is 23.0 Å². The molecule has 0 aromatic heterocycles. The van der Waals surface area contributed by atoms with Crippen molar-refractivity contribution < 1.29 is 33.2 Å². The van der Waals surface area contributed by atoms with Gasteiger partial charge in [0.2, 0.25) is 0 Å². The fourth-order valence-electron chi connectivity index (χ4n) is 4.13. The van der Waals surface area contributed by atoms with Crippen LogP contribution in [0.1, 0.15) is 0 Å². The highest BCUT2D eigenvalue weighted by atomic mass is 16.6. The van der Waals surface area contributed by atoms with Gasteiger partial charge in [0, 0.05) is 10.8 Å². The Balaban J connectivity index is 0.922. The van der Waals surface area contributed by atoms with Gasteiger partial charge in [-0.05, 0) is 59.3 Å². The number of fused-ring (bicyclic) bond motifs is 2. The summed E-state index contributed by atoms with van der Waals surface area (Å²) in [4.78, 5) is 0. The molecule has 0 bridgehead atoms. The molecule has 2 atom stereocenters. The summed E-state index contributed by atoms with van der Waals surface area (Å²) < 4.78 is 39.7. The predicted molar refractivity (Wildman–Crippen MR) is 140 cm³/mol. The molecule has 7 nitrogen and oxygen atoms in total. The van der Waals surface area contributed by atoms with Crippen molar-refractivity contribution in [1.82, 2.24) is 0 Å². The van der Waals surface area contributed by atoms with Crippen LogP contribution in [0.25, 0.3) is 21.5 Å². The third-order valence-corrected chi connectivity index (χ3v) is 6.27. The van der Waals surface area contributed by atoms with Crippen LogP contribution >= 0.6 is 0 Å². The zero-order valence-corrected chi connectivity index (χ0v) is 20.6. The lowest BCUT2D eigenvalue weighted by molar-refractivity contribution is 0.0765. The van der Waals surface area contributed by atoms with Crippen molar-refractivity contribution in [3.63, 3.8) is 0 Å². The third kappa shape index (κ3) is 6.43. The maximum atomic E-state index is 5.89. The Bertz CT molecular complexity index is 1240. The van der Waals surface area contributed by atoms with Crippen LogP contribution in [0.2, 0.25) is 0 Å². The van der Waals surface area contributed by atoms with Crippen LogP contribution < -0.4 is 18.9 Å². The van der Waals surface area contributed by atoms with Gasteiger partial charge < -0.3 is 33.2 Å². The van der Waals surface area contributed by atoms with Crippen molar-refractivity contribution in [2.45, 2.75) is 12.2 Å². The maximum absolute atomic E-state index is 5.89. The molecule has 0 aliphatic carbocycles. The summed E-state index contributed by atoms with van der Waals surface area (Å²) in [5.41, 5.74) is 0. The number of epoxide rings is 2. The molecule has 2 aliphatic heterocycles. The molecule has 4 aromatic carbocycles. The van der Waals surface area contributed by atoms with E-state index in [2.05, 4.69) is 12.1 Å². The molecular formula is C30H30O7. The summed E-state index contributed by atoms with van der Waals surface area (Å²) in [5, 5.41) is 4.28. The molecule has 0 amide bonds. The quantitative estimate of drug-likeness (QED) is 0.177. The molecule has 0 saturated carbocycles. The van der Waals surface area contributed by atoms with Crippen LogP contribution in [0.15, 0.2) is 72.8 Å². The van der Waals surface area contributed by atoms with E-state index in [1.807, 2.05) is 60.7 Å². The Morgan fingerprint density at radius 2 is 1.05 bits per heavy atom. The molecule has 4 aromatic rings. The first-order valence-electron chi connectivity index (χ1n) is 12.7. The number of hydrogen-bond acceptors (Lipinski definition) is 7. The highest BCUT2D eigenvalue weighted by molar-refractivity contribution is 5.90. The standard InChI is InChI=1S/C30H30O7/c1-3-21-15-23(7-9-27(21)29(5-1)36-19-25-17-34-25)32-13-11-31-12-14-33-24-8-10-28-22(16-24)4-2-6-30(28)37-20-26-18-35-26/h1-10,15-16,25-26H,11-14,17-20H2. The molecule has 2 saturated heterocycles. The molecule has 0 spiro atoms. The Morgan fingerprint density at radius 1 is 0.568 bits per heavy atom. The largest absolute Gasteiger partial charge is 0.491 e. The molecule has 2 fully saturated rings. The van der Waals surface area contributed by atoms with E-state index in [9.17, 15) is 0 Å². The first-order valence-corrected chi connectivity index (χ1v) is 12.7. The van der Waals surface area contributed by atoms with E-state index in [1.165, 1.54) is 0 Å². The van der Waals surface area contributed by atoms with Crippen molar-refractivity contribution in [3.05, 3.63) is 72.8 Å². The van der Waals surface area contributed by atoms with Crippen LogP contribution in [0.3, 0.4) is 0 Å². The van der Waals surface area contributed by atoms with Crippen molar-refractivity contribution in [2.24, 2.45) is 0 Å². The predicted octanol–water partition coefficient (Wildman–Crippen LogP) is 5.02. The van der Waals surface area contributed by atoms with E-state index >= 15 is 0 Å². The molecule has 7 heteroatoms. The van der Waals surface area contributed by atoms with Crippen molar-refractivity contribution in [1.29, 1.82) is 0 Å². The normalized spacial score (nSPS) is 18.1. The average Bonchev–Trinajstić information content (AvgIpc) is 3.85. The van der Waals surface area contributed by atoms with E-state index in [-0.39, 0.29) is 12.2 Å². The number of ether oxygens (including phenoxy) is 7. The van der Waals surface area contributed by atoms with Crippen LogP contribution in [-0.2, 0) is 14.2 Å². The van der Waals surface area contributed by atoms with Crippen molar-refractivity contribution in [3.8, 4) is 23.0 Å². The Morgan fingerprint density at radius 3 is 1.51 bits per heavy atom. The zero-order chi connectivity index (χ0) is 24.9. The minimum absolute atomic E-state index is 0.233. The van der Waals surface area contributed by atoms with Gasteiger partial charge in [0.15, 0.2) is 0 Å². The molecule has 2 heterocycles. The third-order valence-electron chi connectivity index (χ3n) is 6.27. The summed E-state index contributed by atoms with van der Waals surface area (Å²) in [7, 11) is 0. The molecule has 2 unspecified atom stereocenters. The van der Waals surface area contributed by atoms with Gasteiger partial charge in [0.05, 0.1) is 26.4 Å². The zero-order valence-electron chi connectivity index (χ0n) is 20.6.